The number of nitrogens with zero attached hydrogens (tertiary/aromatic N) is 1. The quantitative estimate of drug-likeness (QED) is 0.901. The van der Waals surface area contributed by atoms with Gasteiger partial charge in [0.25, 0.3) is 0 Å². The van der Waals surface area contributed by atoms with Crippen LogP contribution in [0.3, 0.4) is 0 Å². The zero-order chi connectivity index (χ0) is 15.4. The molecule has 0 amide bonds. The van der Waals surface area contributed by atoms with Gasteiger partial charge in [-0.1, -0.05) is 20.8 Å². The van der Waals surface area contributed by atoms with Crippen LogP contribution in [0.15, 0.2) is 18.2 Å². The van der Waals surface area contributed by atoms with E-state index in [-0.39, 0.29) is 11.9 Å². The molecule has 3 nitrogen and oxygen atoms in total. The van der Waals surface area contributed by atoms with E-state index in [1.807, 2.05) is 6.07 Å². The molecule has 1 aromatic rings. The summed E-state index contributed by atoms with van der Waals surface area (Å²) in [7, 11) is 0. The van der Waals surface area contributed by atoms with Crippen molar-refractivity contribution in [1.29, 1.82) is 0 Å². The van der Waals surface area contributed by atoms with Gasteiger partial charge in [0.15, 0.2) is 0 Å². The highest BCUT2D eigenvalue weighted by Gasteiger charge is 2.27. The number of anilines is 1. The summed E-state index contributed by atoms with van der Waals surface area (Å²) >= 11 is 0. The van der Waals surface area contributed by atoms with Gasteiger partial charge in [-0.2, -0.15) is 0 Å². The van der Waals surface area contributed by atoms with Crippen molar-refractivity contribution in [2.24, 2.45) is 0 Å². The van der Waals surface area contributed by atoms with Crippen LogP contribution in [0, 0.1) is 5.82 Å². The van der Waals surface area contributed by atoms with Crippen LogP contribution in [0.4, 0.5) is 10.1 Å². The van der Waals surface area contributed by atoms with E-state index in [2.05, 4.69) is 37.9 Å². The smallest absolute Gasteiger partial charge is 0.123 e. The van der Waals surface area contributed by atoms with Crippen LogP contribution in [0.1, 0.15) is 39.7 Å². The molecule has 4 heteroatoms. The second kappa shape index (κ2) is 7.23. The summed E-state index contributed by atoms with van der Waals surface area (Å²) in [5, 5.41) is 3.39. The Balaban J connectivity index is 2.27. The first-order chi connectivity index (χ1) is 10.0. The van der Waals surface area contributed by atoms with Crippen LogP contribution in [0.25, 0.3) is 0 Å². The maximum Gasteiger partial charge on any atom is 0.123 e. The number of halogens is 1. The lowest BCUT2D eigenvalue weighted by Gasteiger charge is -2.41. The largest absolute Gasteiger partial charge is 0.375 e. The van der Waals surface area contributed by atoms with Gasteiger partial charge in [0.2, 0.25) is 0 Å². The number of rotatable bonds is 5. The van der Waals surface area contributed by atoms with Crippen LogP contribution in [0.2, 0.25) is 0 Å². The van der Waals surface area contributed by atoms with Gasteiger partial charge in [0.05, 0.1) is 18.8 Å². The Labute approximate surface area is 127 Å². The molecular weight excluding hydrogens is 267 g/mol. The minimum absolute atomic E-state index is 0.173. The third-order valence-corrected chi connectivity index (χ3v) is 3.99. The van der Waals surface area contributed by atoms with Gasteiger partial charge >= 0.3 is 0 Å². The number of morpholine rings is 1. The number of ether oxygens (including phenoxy) is 1. The molecule has 0 aromatic heterocycles. The summed E-state index contributed by atoms with van der Waals surface area (Å²) in [6.45, 7) is 10.8. The van der Waals surface area contributed by atoms with Crippen molar-refractivity contribution < 1.29 is 9.13 Å². The van der Waals surface area contributed by atoms with Crippen molar-refractivity contribution >= 4 is 5.69 Å². The van der Waals surface area contributed by atoms with Gasteiger partial charge in [0, 0.05) is 24.8 Å². The Bertz CT molecular complexity index is 464. The zero-order valence-electron chi connectivity index (χ0n) is 13.5. The van der Waals surface area contributed by atoms with Crippen molar-refractivity contribution in [1.82, 2.24) is 5.32 Å². The summed E-state index contributed by atoms with van der Waals surface area (Å²) in [5.74, 6) is -0.173. The van der Waals surface area contributed by atoms with Gasteiger partial charge in [-0.3, -0.25) is 0 Å². The first-order valence-corrected chi connectivity index (χ1v) is 7.91. The normalized spacial score (nSPS) is 22.9. The van der Waals surface area contributed by atoms with Gasteiger partial charge in [0.1, 0.15) is 5.82 Å². The van der Waals surface area contributed by atoms with E-state index in [1.165, 1.54) is 0 Å². The standard InChI is InChI=1S/C17H27FN2O/c1-5-16-11-21-13(4)10-20(16)17-7-6-15(18)8-14(17)9-19-12(2)3/h6-8,12-13,16,19H,5,9-11H2,1-4H3. The Morgan fingerprint density at radius 1 is 1.43 bits per heavy atom. The molecule has 0 saturated carbocycles. The lowest BCUT2D eigenvalue weighted by Crippen LogP contribution is -2.49. The topological polar surface area (TPSA) is 24.5 Å². The van der Waals surface area contributed by atoms with Crippen LogP contribution in [-0.2, 0) is 11.3 Å². The lowest BCUT2D eigenvalue weighted by atomic mass is 10.1. The van der Waals surface area contributed by atoms with E-state index < -0.39 is 0 Å². The summed E-state index contributed by atoms with van der Waals surface area (Å²) in [6.07, 6.45) is 1.24. The SMILES string of the molecule is CCC1COC(C)CN1c1ccc(F)cc1CNC(C)C. The van der Waals surface area contributed by atoms with Gasteiger partial charge in [-0.25, -0.2) is 4.39 Å². The Morgan fingerprint density at radius 3 is 2.86 bits per heavy atom. The van der Waals surface area contributed by atoms with Crippen LogP contribution in [0.5, 0.6) is 0 Å². The predicted octanol–water partition coefficient (Wildman–Crippen LogP) is 3.33. The van der Waals surface area contributed by atoms with E-state index in [0.29, 0.717) is 18.6 Å². The van der Waals surface area contributed by atoms with E-state index in [9.17, 15) is 4.39 Å². The molecule has 0 spiro atoms. The first-order valence-electron chi connectivity index (χ1n) is 7.91. The molecule has 1 heterocycles. The van der Waals surface area contributed by atoms with Crippen LogP contribution >= 0.6 is 0 Å². The fraction of sp³-hybridized carbons (Fsp3) is 0.647. The first kappa shape index (κ1) is 16.2. The Kier molecular flexibility index (Phi) is 5.59. The molecule has 1 aliphatic heterocycles. The molecule has 21 heavy (non-hydrogen) atoms. The lowest BCUT2D eigenvalue weighted by molar-refractivity contribution is 0.0299. The summed E-state index contributed by atoms with van der Waals surface area (Å²) in [6, 6.07) is 5.86. The van der Waals surface area contributed by atoms with Gasteiger partial charge in [-0.15, -0.1) is 0 Å². The number of benzene rings is 1. The van der Waals surface area contributed by atoms with E-state index >= 15 is 0 Å². The van der Waals surface area contributed by atoms with Crippen molar-refractivity contribution in [3.63, 3.8) is 0 Å². The average Bonchev–Trinajstić information content (AvgIpc) is 2.45. The molecule has 0 aliphatic carbocycles. The van der Waals surface area contributed by atoms with Crippen LogP contribution < -0.4 is 10.2 Å². The fourth-order valence-corrected chi connectivity index (χ4v) is 2.77. The highest BCUT2D eigenvalue weighted by atomic mass is 19.1. The molecule has 1 aromatic carbocycles. The molecule has 118 valence electrons. The molecule has 2 rings (SSSR count). The zero-order valence-corrected chi connectivity index (χ0v) is 13.5. The maximum atomic E-state index is 13.6. The molecule has 0 radical (unpaired) electrons. The molecular formula is C17H27FN2O. The van der Waals surface area contributed by atoms with E-state index in [4.69, 9.17) is 4.74 Å². The second-order valence-electron chi connectivity index (χ2n) is 6.17. The number of hydrogen-bond acceptors (Lipinski definition) is 3. The van der Waals surface area contributed by atoms with Gasteiger partial charge in [-0.05, 0) is 37.1 Å². The molecule has 1 aliphatic rings. The van der Waals surface area contributed by atoms with E-state index in [0.717, 1.165) is 30.8 Å². The van der Waals surface area contributed by atoms with Crippen molar-refractivity contribution in [2.45, 2.75) is 58.8 Å². The Morgan fingerprint density at radius 2 is 2.19 bits per heavy atom. The molecule has 2 atom stereocenters. The fourth-order valence-electron chi connectivity index (χ4n) is 2.77. The highest BCUT2D eigenvalue weighted by Crippen LogP contribution is 2.28. The number of nitrogens with one attached hydrogen (secondary N) is 1. The summed E-state index contributed by atoms with van der Waals surface area (Å²) in [5.41, 5.74) is 2.16. The summed E-state index contributed by atoms with van der Waals surface area (Å²) in [4.78, 5) is 2.38. The summed E-state index contributed by atoms with van der Waals surface area (Å²) < 4.78 is 19.4. The van der Waals surface area contributed by atoms with E-state index in [1.54, 1.807) is 12.1 Å². The molecule has 0 bridgehead atoms. The third-order valence-electron chi connectivity index (χ3n) is 3.99. The molecule has 1 fully saturated rings. The van der Waals surface area contributed by atoms with Gasteiger partial charge < -0.3 is 15.0 Å². The molecule has 1 N–H and O–H groups in total. The minimum atomic E-state index is -0.173. The van der Waals surface area contributed by atoms with Crippen molar-refractivity contribution in [2.75, 3.05) is 18.1 Å². The Hall–Kier alpha value is -1.13. The van der Waals surface area contributed by atoms with Crippen LogP contribution in [-0.4, -0.2) is 31.3 Å². The van der Waals surface area contributed by atoms with Crippen molar-refractivity contribution in [3.05, 3.63) is 29.6 Å². The minimum Gasteiger partial charge on any atom is -0.375 e. The highest BCUT2D eigenvalue weighted by molar-refractivity contribution is 5.55. The second-order valence-corrected chi connectivity index (χ2v) is 6.17. The monoisotopic (exact) mass is 294 g/mol. The third kappa shape index (κ3) is 4.17. The molecule has 1 saturated heterocycles. The predicted molar refractivity (Wildman–Crippen MR) is 85.2 cm³/mol. The molecule has 2 unspecified atom stereocenters. The maximum absolute atomic E-state index is 13.6. The number of hydrogen-bond donors (Lipinski definition) is 1. The average molecular weight is 294 g/mol. The van der Waals surface area contributed by atoms with Crippen molar-refractivity contribution in [3.8, 4) is 0 Å².